The first-order chi connectivity index (χ1) is 36.3. The average molecular weight is 1090 g/mol. The number of rotatable bonds is 12. The van der Waals surface area contributed by atoms with E-state index in [4.69, 9.17) is 9.47 Å². The number of aliphatic hydroxyl groups is 1. The zero-order valence-corrected chi connectivity index (χ0v) is 44.2. The molecular weight excluding hydrogens is 1030 g/mol. The van der Waals surface area contributed by atoms with Crippen LogP contribution < -0.4 is 14.5 Å². The van der Waals surface area contributed by atoms with Gasteiger partial charge in [0.15, 0.2) is 5.82 Å². The van der Waals surface area contributed by atoms with Crippen molar-refractivity contribution in [3.05, 3.63) is 113 Å². The molecule has 4 aliphatic heterocycles. The minimum Gasteiger partial charge on any atom is -0.443 e. The van der Waals surface area contributed by atoms with E-state index in [1.54, 1.807) is 26.8 Å². The molecule has 408 valence electrons. The molecule has 19 nitrogen and oxygen atoms in total. The van der Waals surface area contributed by atoms with Crippen LogP contribution >= 0.6 is 0 Å². The van der Waals surface area contributed by atoms with Gasteiger partial charge in [0.05, 0.1) is 17.2 Å². The number of aromatic nitrogens is 2. The van der Waals surface area contributed by atoms with Crippen molar-refractivity contribution in [1.82, 2.24) is 29.0 Å². The van der Waals surface area contributed by atoms with Crippen LogP contribution in [0, 0.1) is 11.6 Å². The van der Waals surface area contributed by atoms with Crippen molar-refractivity contribution < 1.29 is 64.9 Å². The van der Waals surface area contributed by atoms with E-state index in [0.717, 1.165) is 27.6 Å². The number of carbonyl (C=O) groups excluding carboxylic acids is 6. The van der Waals surface area contributed by atoms with Crippen LogP contribution in [0.3, 0.4) is 0 Å². The molecule has 77 heavy (non-hydrogen) atoms. The number of aliphatic hydroxyl groups excluding tert-OH is 1. The highest BCUT2D eigenvalue weighted by molar-refractivity contribution is 7.91. The Kier molecular flexibility index (Phi) is 14.9. The fourth-order valence-electron chi connectivity index (χ4n) is 10.0. The predicted molar refractivity (Wildman–Crippen MR) is 276 cm³/mol. The SMILES string of the molecule is CC(C)(C)OC(=O)N(c1ccc(F)c(C(=O)c2cn(C(=O)OC(C)(C)C)c3ncc(-c4ccc(N5CCN(CC(O)Cc6ccc7c(c6)CN(C6CCC(=O)NC6=O)C7=O)CC5)cc4)cc23)c1F)S(=O)(=O)N1CCC(F)C1. The molecule has 9 rings (SSSR count). The summed E-state index contributed by atoms with van der Waals surface area (Å²) in [5, 5.41) is 13.5. The maximum atomic E-state index is 17.0. The van der Waals surface area contributed by atoms with Gasteiger partial charge in [0.1, 0.15) is 40.6 Å². The first kappa shape index (κ1) is 54.6. The lowest BCUT2D eigenvalue weighted by Gasteiger charge is -2.37. The van der Waals surface area contributed by atoms with Crippen LogP contribution in [0.5, 0.6) is 0 Å². The van der Waals surface area contributed by atoms with Crippen LogP contribution in [-0.4, -0.2) is 148 Å². The normalized spacial score (nSPS) is 19.1. The molecule has 0 spiro atoms. The third kappa shape index (κ3) is 11.4. The predicted octanol–water partition coefficient (Wildman–Crippen LogP) is 6.51. The molecule has 0 saturated carbocycles. The lowest BCUT2D eigenvalue weighted by Crippen LogP contribution is -2.52. The molecule has 4 aliphatic rings. The molecule has 3 atom stereocenters. The first-order valence-corrected chi connectivity index (χ1v) is 26.6. The summed E-state index contributed by atoms with van der Waals surface area (Å²) in [6, 6.07) is 15.0. The van der Waals surface area contributed by atoms with Gasteiger partial charge in [0.25, 0.3) is 5.91 Å². The van der Waals surface area contributed by atoms with Gasteiger partial charge in [-0.15, -0.1) is 0 Å². The number of ketones is 1. The van der Waals surface area contributed by atoms with Crippen molar-refractivity contribution in [3.63, 3.8) is 0 Å². The van der Waals surface area contributed by atoms with Gasteiger partial charge in [0, 0.05) is 93.4 Å². The van der Waals surface area contributed by atoms with E-state index < -0.39 is 98.6 Å². The monoisotopic (exact) mass is 1080 g/mol. The molecule has 0 aliphatic carbocycles. The summed E-state index contributed by atoms with van der Waals surface area (Å²) >= 11 is 0. The summed E-state index contributed by atoms with van der Waals surface area (Å²) in [6.45, 7) is 11.4. The minimum atomic E-state index is -5.07. The number of anilines is 2. The number of hydrogen-bond donors (Lipinski definition) is 2. The molecule has 0 radical (unpaired) electrons. The Bertz CT molecular complexity index is 3310. The number of β-amino-alcohol motifs (C(OH)–C–C–N with tert-alkyl or cyclic N) is 1. The largest absolute Gasteiger partial charge is 0.443 e. The number of amides is 4. The molecule has 23 heteroatoms. The van der Waals surface area contributed by atoms with E-state index in [-0.39, 0.29) is 59.5 Å². The second-order valence-electron chi connectivity index (χ2n) is 21.7. The minimum absolute atomic E-state index is 0.0182. The second kappa shape index (κ2) is 21.0. The highest BCUT2D eigenvalue weighted by Crippen LogP contribution is 2.36. The third-order valence-corrected chi connectivity index (χ3v) is 15.5. The summed E-state index contributed by atoms with van der Waals surface area (Å²) in [5.41, 5.74) is -1.05. The Labute approximate surface area is 442 Å². The summed E-state index contributed by atoms with van der Waals surface area (Å²) in [6.07, 6.45) is -1.75. The van der Waals surface area contributed by atoms with Crippen LogP contribution in [0.4, 0.5) is 34.1 Å². The van der Waals surface area contributed by atoms with Crippen molar-refractivity contribution in [3.8, 4) is 11.1 Å². The second-order valence-corrected chi connectivity index (χ2v) is 23.4. The van der Waals surface area contributed by atoms with Gasteiger partial charge in [-0.3, -0.25) is 29.4 Å². The van der Waals surface area contributed by atoms with Crippen molar-refractivity contribution in [1.29, 1.82) is 0 Å². The zero-order chi connectivity index (χ0) is 55.5. The molecule has 4 amide bonds. The van der Waals surface area contributed by atoms with E-state index >= 15 is 8.78 Å². The summed E-state index contributed by atoms with van der Waals surface area (Å²) in [7, 11) is -5.07. The number of alkyl halides is 1. The maximum Gasteiger partial charge on any atom is 0.430 e. The number of hydrogen-bond acceptors (Lipinski definition) is 14. The van der Waals surface area contributed by atoms with Crippen molar-refractivity contribution in [2.75, 3.05) is 55.0 Å². The van der Waals surface area contributed by atoms with Gasteiger partial charge in [-0.2, -0.15) is 17.0 Å². The van der Waals surface area contributed by atoms with Gasteiger partial charge in [-0.1, -0.05) is 24.3 Å². The Hall–Kier alpha value is -7.21. The molecule has 2 N–H and O–H groups in total. The smallest absolute Gasteiger partial charge is 0.430 e. The number of nitrogens with zero attached hydrogens (tertiary/aromatic N) is 7. The summed E-state index contributed by atoms with van der Waals surface area (Å²) in [4.78, 5) is 89.5. The number of fused-ring (bicyclic) bond motifs is 2. The Balaban J connectivity index is 0.916. The average Bonchev–Trinajstić information content (AvgIpc) is 4.22. The zero-order valence-electron chi connectivity index (χ0n) is 43.3. The Morgan fingerprint density at radius 2 is 1.58 bits per heavy atom. The maximum absolute atomic E-state index is 17.0. The molecular formula is C54H59F3N8O11S. The number of piperazine rings is 1. The number of imide groups is 1. The van der Waals surface area contributed by atoms with Gasteiger partial charge in [-0.05, 0) is 114 Å². The van der Waals surface area contributed by atoms with E-state index in [2.05, 4.69) is 20.1 Å². The molecule has 6 heterocycles. The highest BCUT2D eigenvalue weighted by atomic mass is 32.2. The number of benzene rings is 3. The van der Waals surface area contributed by atoms with E-state index in [1.165, 1.54) is 37.9 Å². The molecule has 0 bridgehead atoms. The van der Waals surface area contributed by atoms with Gasteiger partial charge >= 0.3 is 22.4 Å². The van der Waals surface area contributed by atoms with E-state index in [1.807, 2.05) is 36.4 Å². The van der Waals surface area contributed by atoms with Crippen molar-refractivity contribution >= 4 is 68.3 Å². The number of nitrogens with one attached hydrogen (secondary N) is 1. The van der Waals surface area contributed by atoms with Crippen LogP contribution in [-0.2, 0) is 42.2 Å². The van der Waals surface area contributed by atoms with E-state index in [0.29, 0.717) is 72.3 Å². The third-order valence-electron chi connectivity index (χ3n) is 13.7. The van der Waals surface area contributed by atoms with Crippen LogP contribution in [0.2, 0.25) is 0 Å². The standard InChI is InChI=1S/C54H59F3N8O11S/c1-53(2,3)75-51(71)64-30-40(47(68)45-41(56)13-14-42(46(45)57)65(52(72)76-54(4,5)6)77(73,74)62-18-17-35(55)28-62)39-25-33(26-58-48(39)64)32-8-10-36(11-9-32)61-21-19-60(20-22-61)29-37(66)24-31-7-12-38-34(23-31)27-63(50(38)70)43-15-16-44(67)59-49(43)69/h7-14,23,25-26,30,35,37,43,66H,15-22,24,27-29H2,1-6H3,(H,59,67,69). The molecule has 3 aromatic carbocycles. The number of halogens is 3. The van der Waals surface area contributed by atoms with Crippen LogP contribution in [0.15, 0.2) is 73.1 Å². The quantitative estimate of drug-likeness (QED) is 0.101. The fraction of sp³-hybridized carbons (Fsp3) is 0.426. The van der Waals surface area contributed by atoms with Gasteiger partial charge in [-0.25, -0.2) is 32.3 Å². The lowest BCUT2D eigenvalue weighted by atomic mass is 9.99. The van der Waals surface area contributed by atoms with Crippen LogP contribution in [0.1, 0.15) is 98.2 Å². The Morgan fingerprint density at radius 1 is 0.883 bits per heavy atom. The number of ether oxygens (including phenoxy) is 2. The van der Waals surface area contributed by atoms with E-state index in [9.17, 15) is 46.7 Å². The first-order valence-electron chi connectivity index (χ1n) is 25.2. The number of pyridine rings is 1. The lowest BCUT2D eigenvalue weighted by molar-refractivity contribution is -0.136. The Morgan fingerprint density at radius 3 is 2.23 bits per heavy atom. The van der Waals surface area contributed by atoms with Gasteiger partial charge < -0.3 is 24.4 Å². The molecule has 3 fully saturated rings. The van der Waals surface area contributed by atoms with Gasteiger partial charge in [0.2, 0.25) is 17.6 Å². The molecule has 3 saturated heterocycles. The molecule has 5 aromatic rings. The fourth-order valence-corrected chi connectivity index (χ4v) is 11.5. The summed E-state index contributed by atoms with van der Waals surface area (Å²) in [5.74, 6) is -5.58. The van der Waals surface area contributed by atoms with Crippen LogP contribution in [0.25, 0.3) is 22.2 Å². The molecule has 2 aromatic heterocycles. The number of carbonyl (C=O) groups is 6. The molecule has 3 unspecified atom stereocenters. The highest BCUT2D eigenvalue weighted by Gasteiger charge is 2.44. The number of piperidine rings is 1. The summed E-state index contributed by atoms with van der Waals surface area (Å²) < 4.78 is 87.7. The van der Waals surface area contributed by atoms with Crippen molar-refractivity contribution in [2.24, 2.45) is 0 Å². The van der Waals surface area contributed by atoms with Crippen molar-refractivity contribution in [2.45, 2.75) is 103 Å². The topological polar surface area (TPSA) is 221 Å².